The summed E-state index contributed by atoms with van der Waals surface area (Å²) in [5.74, 6) is 0. The van der Waals surface area contributed by atoms with E-state index in [1.54, 1.807) is 0 Å². The predicted molar refractivity (Wildman–Crippen MR) is 63.5 cm³/mol. The number of carbonyl (C=O) groups excluding carboxylic acids is 1. The van der Waals surface area contributed by atoms with Crippen molar-refractivity contribution in [1.82, 2.24) is 10.6 Å². The minimum absolute atomic E-state index is 0.0293. The molecule has 0 atom stereocenters. The van der Waals surface area contributed by atoms with Crippen molar-refractivity contribution in [3.63, 3.8) is 0 Å². The van der Waals surface area contributed by atoms with Crippen LogP contribution in [0.3, 0.4) is 0 Å². The summed E-state index contributed by atoms with van der Waals surface area (Å²) in [6, 6.07) is 10.3. The van der Waals surface area contributed by atoms with Gasteiger partial charge in [-0.2, -0.15) is 0 Å². The number of fused-ring (bicyclic) bond motifs is 1. The van der Waals surface area contributed by atoms with Crippen molar-refractivity contribution in [2.75, 3.05) is 6.54 Å². The van der Waals surface area contributed by atoms with Gasteiger partial charge in [0.1, 0.15) is 6.61 Å². The molecule has 4 nitrogen and oxygen atoms in total. The minimum atomic E-state index is -0.309. The zero-order chi connectivity index (χ0) is 11.7. The smallest absolute Gasteiger partial charge is 0.407 e. The molecule has 3 fully saturated rings. The van der Waals surface area contributed by atoms with Gasteiger partial charge in [-0.25, -0.2) is 4.79 Å². The highest BCUT2D eigenvalue weighted by molar-refractivity contribution is 5.69. The van der Waals surface area contributed by atoms with Crippen LogP contribution >= 0.6 is 0 Å². The Hall–Kier alpha value is -1.55. The number of benzene rings is 1. The van der Waals surface area contributed by atoms with Crippen molar-refractivity contribution in [2.45, 2.75) is 31.0 Å². The number of hydrogen-bond donors (Lipinski definition) is 2. The van der Waals surface area contributed by atoms with Gasteiger partial charge in [0.2, 0.25) is 0 Å². The van der Waals surface area contributed by atoms with E-state index in [1.807, 2.05) is 30.3 Å². The monoisotopic (exact) mass is 232 g/mol. The first kappa shape index (κ1) is 10.6. The lowest BCUT2D eigenvalue weighted by Crippen LogP contribution is -2.55. The van der Waals surface area contributed by atoms with Crippen LogP contribution in [0.4, 0.5) is 4.79 Å². The molecule has 1 amide bonds. The lowest BCUT2D eigenvalue weighted by Gasteiger charge is -2.37. The van der Waals surface area contributed by atoms with Crippen LogP contribution in [0.25, 0.3) is 0 Å². The standard InChI is InChI=1S/C13H16N2O2/c16-12(15-13-6-11(7-13)14-9-13)17-8-10-4-2-1-3-5-10/h1-5,11,14H,6-9H2,(H,15,16). The van der Waals surface area contributed by atoms with Gasteiger partial charge in [0.25, 0.3) is 0 Å². The fraction of sp³-hybridized carbons (Fsp3) is 0.462. The van der Waals surface area contributed by atoms with Crippen LogP contribution in [0.5, 0.6) is 0 Å². The second-order valence-electron chi connectivity index (χ2n) is 4.95. The first-order valence-corrected chi connectivity index (χ1v) is 5.98. The molecule has 2 aliphatic heterocycles. The summed E-state index contributed by atoms with van der Waals surface area (Å²) in [6.45, 7) is 1.21. The maximum Gasteiger partial charge on any atom is 0.407 e. The summed E-state index contributed by atoms with van der Waals surface area (Å²) in [6.07, 6.45) is 1.76. The molecule has 1 aromatic carbocycles. The first-order chi connectivity index (χ1) is 8.26. The second kappa shape index (κ2) is 4.04. The number of carbonyl (C=O) groups is 1. The zero-order valence-corrected chi connectivity index (χ0v) is 9.61. The normalized spacial score (nSPS) is 29.5. The Bertz CT molecular complexity index is 407. The maximum atomic E-state index is 11.6. The van der Waals surface area contributed by atoms with Crippen LogP contribution in [0.1, 0.15) is 18.4 Å². The third-order valence-electron chi connectivity index (χ3n) is 3.58. The van der Waals surface area contributed by atoms with Crippen molar-refractivity contribution in [3.05, 3.63) is 35.9 Å². The highest BCUT2D eigenvalue weighted by atomic mass is 16.5. The van der Waals surface area contributed by atoms with E-state index < -0.39 is 0 Å². The van der Waals surface area contributed by atoms with Crippen LogP contribution in [0, 0.1) is 0 Å². The van der Waals surface area contributed by atoms with Crippen LogP contribution in [-0.4, -0.2) is 24.2 Å². The molecule has 1 saturated carbocycles. The van der Waals surface area contributed by atoms with Gasteiger partial charge in [-0.1, -0.05) is 30.3 Å². The SMILES string of the molecule is O=C(NC12CNC(C1)C2)OCc1ccccc1. The van der Waals surface area contributed by atoms with Gasteiger partial charge in [0.15, 0.2) is 0 Å². The Labute approximate surface area is 100 Å². The van der Waals surface area contributed by atoms with Crippen molar-refractivity contribution < 1.29 is 9.53 Å². The highest BCUT2D eigenvalue weighted by Gasteiger charge is 2.51. The quantitative estimate of drug-likeness (QED) is 0.828. The molecule has 2 heterocycles. The number of alkyl carbamates (subject to hydrolysis) is 1. The van der Waals surface area contributed by atoms with E-state index in [0.717, 1.165) is 24.9 Å². The summed E-state index contributed by atoms with van der Waals surface area (Å²) in [5, 5.41) is 6.31. The number of rotatable bonds is 3. The van der Waals surface area contributed by atoms with E-state index in [4.69, 9.17) is 4.74 Å². The fourth-order valence-corrected chi connectivity index (χ4v) is 2.63. The zero-order valence-electron chi connectivity index (χ0n) is 9.61. The Morgan fingerprint density at radius 2 is 2.18 bits per heavy atom. The molecule has 1 aromatic rings. The average Bonchev–Trinajstić information content (AvgIpc) is 2.87. The number of hydrogen-bond acceptors (Lipinski definition) is 3. The van der Waals surface area contributed by atoms with E-state index in [2.05, 4.69) is 10.6 Å². The van der Waals surface area contributed by atoms with Crippen molar-refractivity contribution in [1.29, 1.82) is 0 Å². The molecular formula is C13H16N2O2. The average molecular weight is 232 g/mol. The van der Waals surface area contributed by atoms with Crippen LogP contribution in [0.2, 0.25) is 0 Å². The predicted octanol–water partition coefficient (Wildman–Crippen LogP) is 1.42. The van der Waals surface area contributed by atoms with Gasteiger partial charge in [-0.15, -0.1) is 0 Å². The van der Waals surface area contributed by atoms with E-state index in [0.29, 0.717) is 12.6 Å². The molecule has 0 unspecified atom stereocenters. The molecule has 2 saturated heterocycles. The largest absolute Gasteiger partial charge is 0.445 e. The van der Waals surface area contributed by atoms with Crippen molar-refractivity contribution in [3.8, 4) is 0 Å². The van der Waals surface area contributed by atoms with Crippen molar-refractivity contribution >= 4 is 6.09 Å². The van der Waals surface area contributed by atoms with Crippen LogP contribution in [-0.2, 0) is 11.3 Å². The Morgan fingerprint density at radius 1 is 1.41 bits per heavy atom. The third-order valence-corrected chi connectivity index (χ3v) is 3.58. The maximum absolute atomic E-state index is 11.6. The summed E-state index contributed by atoms with van der Waals surface area (Å²) in [5.41, 5.74) is 0.981. The Morgan fingerprint density at radius 3 is 2.82 bits per heavy atom. The van der Waals surface area contributed by atoms with Gasteiger partial charge < -0.3 is 15.4 Å². The van der Waals surface area contributed by atoms with Gasteiger partial charge in [-0.05, 0) is 18.4 Å². The molecule has 90 valence electrons. The third kappa shape index (κ3) is 2.13. The topological polar surface area (TPSA) is 50.4 Å². The molecule has 0 spiro atoms. The molecule has 2 N–H and O–H groups in total. The summed E-state index contributed by atoms with van der Waals surface area (Å²) in [7, 11) is 0. The molecule has 0 radical (unpaired) electrons. The summed E-state index contributed by atoms with van der Waals surface area (Å²) < 4.78 is 5.20. The lowest BCUT2D eigenvalue weighted by molar-refractivity contribution is 0.118. The second-order valence-corrected chi connectivity index (χ2v) is 4.95. The molecule has 3 aliphatic rings. The van der Waals surface area contributed by atoms with Crippen LogP contribution < -0.4 is 10.6 Å². The van der Waals surface area contributed by atoms with E-state index >= 15 is 0 Å². The summed E-state index contributed by atoms with van der Waals surface area (Å²) >= 11 is 0. The Kier molecular flexibility index (Phi) is 2.52. The van der Waals surface area contributed by atoms with Crippen molar-refractivity contribution in [2.24, 2.45) is 0 Å². The molecule has 0 aromatic heterocycles. The molecule has 4 heteroatoms. The molecule has 2 bridgehead atoms. The number of nitrogens with one attached hydrogen (secondary N) is 2. The van der Waals surface area contributed by atoms with Gasteiger partial charge in [-0.3, -0.25) is 0 Å². The van der Waals surface area contributed by atoms with E-state index in [-0.39, 0.29) is 11.6 Å². The molecule has 17 heavy (non-hydrogen) atoms. The fourth-order valence-electron chi connectivity index (χ4n) is 2.63. The Balaban J connectivity index is 1.48. The summed E-state index contributed by atoms with van der Waals surface area (Å²) in [4.78, 5) is 11.6. The number of ether oxygens (including phenoxy) is 1. The molecule has 1 aliphatic carbocycles. The van der Waals surface area contributed by atoms with E-state index in [9.17, 15) is 4.79 Å². The molecule has 4 rings (SSSR count). The van der Waals surface area contributed by atoms with Gasteiger partial charge in [0.05, 0.1) is 5.54 Å². The lowest BCUT2D eigenvalue weighted by atomic mass is 9.78. The minimum Gasteiger partial charge on any atom is -0.445 e. The molecular weight excluding hydrogens is 216 g/mol. The highest BCUT2D eigenvalue weighted by Crippen LogP contribution is 2.37. The number of amides is 1. The van der Waals surface area contributed by atoms with Gasteiger partial charge in [0, 0.05) is 12.6 Å². The van der Waals surface area contributed by atoms with Gasteiger partial charge >= 0.3 is 6.09 Å². The van der Waals surface area contributed by atoms with E-state index in [1.165, 1.54) is 0 Å². The first-order valence-electron chi connectivity index (χ1n) is 5.98. The van der Waals surface area contributed by atoms with Crippen LogP contribution in [0.15, 0.2) is 30.3 Å².